The van der Waals surface area contributed by atoms with Crippen molar-refractivity contribution in [3.05, 3.63) is 24.0 Å². The van der Waals surface area contributed by atoms with Gasteiger partial charge in [0, 0.05) is 13.7 Å². The molecular formula is C14H21FN2O3. The lowest BCUT2D eigenvalue weighted by Crippen LogP contribution is -2.26. The standard InChI is InChI=1S/C14H21FN2O3/c1-14(2,19-3)6-7-20-9-13(18)17-12-5-4-10(15)8-11(12)16/h4-5,8H,6-7,9,16H2,1-3H3,(H,17,18). The van der Waals surface area contributed by atoms with E-state index in [4.69, 9.17) is 15.2 Å². The van der Waals surface area contributed by atoms with Crippen molar-refractivity contribution in [2.45, 2.75) is 25.9 Å². The predicted molar refractivity (Wildman–Crippen MR) is 76.0 cm³/mol. The summed E-state index contributed by atoms with van der Waals surface area (Å²) < 4.78 is 23.3. The molecule has 0 aromatic heterocycles. The molecule has 20 heavy (non-hydrogen) atoms. The molecule has 6 heteroatoms. The topological polar surface area (TPSA) is 73.6 Å². The molecule has 1 aromatic rings. The van der Waals surface area contributed by atoms with E-state index in [0.717, 1.165) is 6.07 Å². The minimum absolute atomic E-state index is 0.0867. The number of ether oxygens (including phenoxy) is 2. The summed E-state index contributed by atoms with van der Waals surface area (Å²) in [6.07, 6.45) is 0.676. The summed E-state index contributed by atoms with van der Waals surface area (Å²) >= 11 is 0. The number of nitrogens with two attached hydrogens (primary N) is 1. The smallest absolute Gasteiger partial charge is 0.250 e. The Morgan fingerprint density at radius 3 is 2.75 bits per heavy atom. The number of rotatable bonds is 7. The first-order valence-electron chi connectivity index (χ1n) is 6.32. The average Bonchev–Trinajstić information content (AvgIpc) is 2.38. The summed E-state index contributed by atoms with van der Waals surface area (Å²) in [6.45, 7) is 4.20. The van der Waals surface area contributed by atoms with Gasteiger partial charge in [-0.05, 0) is 38.5 Å². The molecule has 0 aliphatic heterocycles. The van der Waals surface area contributed by atoms with Gasteiger partial charge in [-0.2, -0.15) is 0 Å². The van der Waals surface area contributed by atoms with E-state index < -0.39 is 5.82 Å². The zero-order valence-corrected chi connectivity index (χ0v) is 12.0. The summed E-state index contributed by atoms with van der Waals surface area (Å²) in [5.41, 5.74) is 5.86. The van der Waals surface area contributed by atoms with E-state index in [1.54, 1.807) is 7.11 Å². The van der Waals surface area contributed by atoms with Crippen molar-refractivity contribution in [1.82, 2.24) is 0 Å². The fourth-order valence-corrected chi connectivity index (χ4v) is 1.42. The molecule has 1 rings (SSSR count). The number of anilines is 2. The highest BCUT2D eigenvalue weighted by Gasteiger charge is 2.16. The average molecular weight is 284 g/mol. The Morgan fingerprint density at radius 1 is 1.45 bits per heavy atom. The number of hydrogen-bond acceptors (Lipinski definition) is 4. The van der Waals surface area contributed by atoms with Crippen LogP contribution in [0.1, 0.15) is 20.3 Å². The first-order chi connectivity index (χ1) is 9.34. The first-order valence-corrected chi connectivity index (χ1v) is 6.32. The van der Waals surface area contributed by atoms with Crippen molar-refractivity contribution in [3.63, 3.8) is 0 Å². The van der Waals surface area contributed by atoms with Gasteiger partial charge in [-0.25, -0.2) is 4.39 Å². The second kappa shape index (κ2) is 7.21. The van der Waals surface area contributed by atoms with Crippen LogP contribution in [0, 0.1) is 5.82 Å². The van der Waals surface area contributed by atoms with Crippen molar-refractivity contribution >= 4 is 17.3 Å². The van der Waals surface area contributed by atoms with Gasteiger partial charge in [-0.3, -0.25) is 4.79 Å². The molecule has 1 aromatic carbocycles. The fraction of sp³-hybridized carbons (Fsp3) is 0.500. The monoisotopic (exact) mass is 284 g/mol. The van der Waals surface area contributed by atoms with Crippen molar-refractivity contribution in [3.8, 4) is 0 Å². The van der Waals surface area contributed by atoms with Crippen LogP contribution in [-0.2, 0) is 14.3 Å². The Kier molecular flexibility index (Phi) is 5.91. The van der Waals surface area contributed by atoms with E-state index in [1.807, 2.05) is 13.8 Å². The third kappa shape index (κ3) is 5.54. The quantitative estimate of drug-likeness (QED) is 0.594. The van der Waals surface area contributed by atoms with Gasteiger partial charge in [-0.15, -0.1) is 0 Å². The highest BCUT2D eigenvalue weighted by Crippen LogP contribution is 2.18. The van der Waals surface area contributed by atoms with Gasteiger partial charge in [0.25, 0.3) is 0 Å². The van der Waals surface area contributed by atoms with Crippen molar-refractivity contribution in [1.29, 1.82) is 0 Å². The van der Waals surface area contributed by atoms with Gasteiger partial charge < -0.3 is 20.5 Å². The van der Waals surface area contributed by atoms with Gasteiger partial charge in [0.1, 0.15) is 12.4 Å². The zero-order valence-electron chi connectivity index (χ0n) is 12.0. The number of amides is 1. The largest absolute Gasteiger partial charge is 0.397 e. The van der Waals surface area contributed by atoms with E-state index in [2.05, 4.69) is 5.32 Å². The molecule has 0 fully saturated rings. The van der Waals surface area contributed by atoms with Crippen molar-refractivity contribution in [2.24, 2.45) is 0 Å². The highest BCUT2D eigenvalue weighted by atomic mass is 19.1. The normalized spacial score (nSPS) is 11.4. The van der Waals surface area contributed by atoms with Gasteiger partial charge in [0.05, 0.1) is 17.0 Å². The third-order valence-electron chi connectivity index (χ3n) is 2.92. The first kappa shape index (κ1) is 16.4. The second-order valence-corrected chi connectivity index (χ2v) is 5.05. The molecule has 0 radical (unpaired) electrons. The van der Waals surface area contributed by atoms with Crippen molar-refractivity contribution < 1.29 is 18.7 Å². The van der Waals surface area contributed by atoms with Gasteiger partial charge in [0.15, 0.2) is 0 Å². The van der Waals surface area contributed by atoms with Gasteiger partial charge in [-0.1, -0.05) is 0 Å². The summed E-state index contributed by atoms with van der Waals surface area (Å²) in [6, 6.07) is 3.79. The lowest BCUT2D eigenvalue weighted by Gasteiger charge is -2.22. The van der Waals surface area contributed by atoms with Crippen LogP contribution in [0.25, 0.3) is 0 Å². The minimum Gasteiger partial charge on any atom is -0.397 e. The van der Waals surface area contributed by atoms with E-state index in [0.29, 0.717) is 18.7 Å². The summed E-state index contributed by atoms with van der Waals surface area (Å²) in [7, 11) is 1.63. The Labute approximate surface area is 118 Å². The number of hydrogen-bond donors (Lipinski definition) is 2. The van der Waals surface area contributed by atoms with Crippen LogP contribution in [0.15, 0.2) is 18.2 Å². The Morgan fingerprint density at radius 2 is 2.15 bits per heavy atom. The number of nitrogens with one attached hydrogen (secondary N) is 1. The van der Waals surface area contributed by atoms with Crippen LogP contribution in [0.3, 0.4) is 0 Å². The molecule has 5 nitrogen and oxygen atoms in total. The van der Waals surface area contributed by atoms with E-state index in [-0.39, 0.29) is 23.8 Å². The minimum atomic E-state index is -0.446. The molecule has 0 saturated carbocycles. The fourth-order valence-electron chi connectivity index (χ4n) is 1.42. The van der Waals surface area contributed by atoms with E-state index in [9.17, 15) is 9.18 Å². The molecule has 0 atom stereocenters. The number of methoxy groups -OCH3 is 1. The molecule has 0 heterocycles. The Hall–Kier alpha value is -1.66. The van der Waals surface area contributed by atoms with Crippen LogP contribution in [0.4, 0.5) is 15.8 Å². The molecule has 0 bridgehead atoms. The van der Waals surface area contributed by atoms with Crippen LogP contribution < -0.4 is 11.1 Å². The summed E-state index contributed by atoms with van der Waals surface area (Å²) in [5.74, 6) is -0.780. The number of halogens is 1. The van der Waals surface area contributed by atoms with Gasteiger partial charge >= 0.3 is 0 Å². The van der Waals surface area contributed by atoms with Gasteiger partial charge in [0.2, 0.25) is 5.91 Å². The predicted octanol–water partition coefficient (Wildman–Crippen LogP) is 2.18. The lowest BCUT2D eigenvalue weighted by atomic mass is 10.1. The van der Waals surface area contributed by atoms with Crippen LogP contribution in [-0.4, -0.2) is 31.8 Å². The lowest BCUT2D eigenvalue weighted by molar-refractivity contribution is -0.121. The molecule has 0 saturated heterocycles. The number of carbonyl (C=O) groups excluding carboxylic acids is 1. The van der Waals surface area contributed by atoms with Crippen LogP contribution in [0.5, 0.6) is 0 Å². The van der Waals surface area contributed by atoms with E-state index in [1.165, 1.54) is 12.1 Å². The molecule has 0 unspecified atom stereocenters. The SMILES string of the molecule is COC(C)(C)CCOCC(=O)Nc1ccc(F)cc1N. The molecule has 1 amide bonds. The molecule has 3 N–H and O–H groups in total. The Bertz CT molecular complexity index is 464. The third-order valence-corrected chi connectivity index (χ3v) is 2.92. The maximum Gasteiger partial charge on any atom is 0.250 e. The van der Waals surface area contributed by atoms with E-state index >= 15 is 0 Å². The van der Waals surface area contributed by atoms with Crippen molar-refractivity contribution in [2.75, 3.05) is 31.4 Å². The summed E-state index contributed by atoms with van der Waals surface area (Å²) in [4.78, 5) is 11.6. The van der Waals surface area contributed by atoms with Crippen LogP contribution >= 0.6 is 0 Å². The maximum absolute atomic E-state index is 12.8. The molecule has 0 spiro atoms. The molecule has 0 aliphatic carbocycles. The zero-order chi connectivity index (χ0) is 15.2. The number of benzene rings is 1. The number of carbonyl (C=O) groups is 1. The number of nitrogen functional groups attached to an aromatic ring is 1. The van der Waals surface area contributed by atoms with Crippen LogP contribution in [0.2, 0.25) is 0 Å². The maximum atomic E-state index is 12.8. The highest BCUT2D eigenvalue weighted by molar-refractivity contribution is 5.94. The molecular weight excluding hydrogens is 263 g/mol. The Balaban J connectivity index is 2.34. The summed E-state index contributed by atoms with van der Waals surface area (Å²) in [5, 5.41) is 2.56. The second-order valence-electron chi connectivity index (χ2n) is 5.05. The molecule has 0 aliphatic rings. The molecule has 112 valence electrons.